The molecule has 0 aliphatic rings. The first-order chi connectivity index (χ1) is 11.3. The molecule has 0 heterocycles. The Kier molecular flexibility index (Phi) is 7.91. The van der Waals surface area contributed by atoms with Gasteiger partial charge in [-0.25, -0.2) is 4.79 Å². The summed E-state index contributed by atoms with van der Waals surface area (Å²) in [4.78, 5) is 35.0. The molecule has 0 aromatic heterocycles. The summed E-state index contributed by atoms with van der Waals surface area (Å²) in [6.45, 7) is 3.56. The van der Waals surface area contributed by atoms with Crippen molar-refractivity contribution in [3.8, 4) is 0 Å². The third kappa shape index (κ3) is 6.37. The van der Waals surface area contributed by atoms with Crippen LogP contribution in [0, 0.1) is 5.92 Å². The predicted molar refractivity (Wildman–Crippen MR) is 88.4 cm³/mol. The van der Waals surface area contributed by atoms with E-state index in [9.17, 15) is 19.5 Å². The Balaban J connectivity index is 2.62. The molecule has 7 nitrogen and oxygen atoms in total. The molecular weight excluding hydrogens is 312 g/mol. The molecule has 0 radical (unpaired) electrons. The number of amides is 1. The van der Waals surface area contributed by atoms with Gasteiger partial charge in [-0.05, 0) is 11.5 Å². The Bertz CT molecular complexity index is 559. The first-order valence-corrected chi connectivity index (χ1v) is 7.72. The lowest BCUT2D eigenvalue weighted by Gasteiger charge is -2.22. The van der Waals surface area contributed by atoms with Crippen LogP contribution in [0.1, 0.15) is 19.4 Å². The Morgan fingerprint density at radius 1 is 1.17 bits per heavy atom. The fourth-order valence-corrected chi connectivity index (χ4v) is 2.19. The van der Waals surface area contributed by atoms with E-state index in [-0.39, 0.29) is 18.9 Å². The average molecular weight is 336 g/mol. The number of carboxylic acid groups (broad SMARTS) is 1. The normalized spacial score (nSPS) is 13.2. The maximum atomic E-state index is 12.0. The summed E-state index contributed by atoms with van der Waals surface area (Å²) >= 11 is 0. The second-order valence-electron chi connectivity index (χ2n) is 5.77. The molecule has 0 spiro atoms. The molecule has 1 rings (SSSR count). The van der Waals surface area contributed by atoms with Crippen molar-refractivity contribution < 1.29 is 24.2 Å². The van der Waals surface area contributed by atoms with Gasteiger partial charge in [0.05, 0.1) is 13.5 Å². The van der Waals surface area contributed by atoms with E-state index in [0.29, 0.717) is 0 Å². The number of carboxylic acids is 1. The predicted octanol–water partition coefficient (Wildman–Crippen LogP) is 0.586. The number of carbonyl (C=O) groups excluding carboxylic acids is 2. The maximum Gasteiger partial charge on any atom is 0.327 e. The molecule has 132 valence electrons. The highest BCUT2D eigenvalue weighted by atomic mass is 16.5. The van der Waals surface area contributed by atoms with E-state index < -0.39 is 29.9 Å². The molecule has 1 aromatic carbocycles. The molecule has 3 N–H and O–H groups in total. The van der Waals surface area contributed by atoms with Gasteiger partial charge >= 0.3 is 11.9 Å². The zero-order valence-electron chi connectivity index (χ0n) is 14.1. The first-order valence-electron chi connectivity index (χ1n) is 7.72. The molecule has 0 saturated heterocycles. The van der Waals surface area contributed by atoms with Gasteiger partial charge < -0.3 is 20.5 Å². The van der Waals surface area contributed by atoms with Crippen LogP contribution in [0.5, 0.6) is 0 Å². The van der Waals surface area contributed by atoms with Crippen LogP contribution in [0.2, 0.25) is 0 Å². The highest BCUT2D eigenvalue weighted by Crippen LogP contribution is 2.04. The highest BCUT2D eigenvalue weighted by molar-refractivity contribution is 5.85. The van der Waals surface area contributed by atoms with Gasteiger partial charge in [0.25, 0.3) is 0 Å². The van der Waals surface area contributed by atoms with Crippen molar-refractivity contribution in [3.05, 3.63) is 35.9 Å². The number of esters is 1. The summed E-state index contributed by atoms with van der Waals surface area (Å²) in [5.74, 6) is -2.11. The van der Waals surface area contributed by atoms with Crippen molar-refractivity contribution in [2.24, 2.45) is 5.92 Å². The van der Waals surface area contributed by atoms with E-state index in [1.165, 1.54) is 7.11 Å². The third-order valence-electron chi connectivity index (χ3n) is 3.50. The number of hydrogen-bond donors (Lipinski definition) is 3. The van der Waals surface area contributed by atoms with Crippen LogP contribution in [-0.4, -0.2) is 48.7 Å². The number of hydrogen-bond acceptors (Lipinski definition) is 5. The molecule has 1 aromatic rings. The van der Waals surface area contributed by atoms with Gasteiger partial charge in [0.1, 0.15) is 12.1 Å². The number of rotatable bonds is 9. The van der Waals surface area contributed by atoms with Gasteiger partial charge in [0.2, 0.25) is 5.91 Å². The van der Waals surface area contributed by atoms with Crippen LogP contribution < -0.4 is 10.6 Å². The minimum absolute atomic E-state index is 0.0756. The van der Waals surface area contributed by atoms with Crippen LogP contribution in [0.4, 0.5) is 0 Å². The number of methoxy groups -OCH3 is 1. The molecule has 0 fully saturated rings. The van der Waals surface area contributed by atoms with Gasteiger partial charge in [0.15, 0.2) is 0 Å². The molecule has 7 heteroatoms. The van der Waals surface area contributed by atoms with Crippen molar-refractivity contribution in [2.45, 2.75) is 32.4 Å². The van der Waals surface area contributed by atoms with Gasteiger partial charge in [-0.15, -0.1) is 0 Å². The van der Waals surface area contributed by atoms with Gasteiger partial charge in [-0.2, -0.15) is 0 Å². The Labute approximate surface area is 141 Å². The number of benzene rings is 1. The largest absolute Gasteiger partial charge is 0.480 e. The van der Waals surface area contributed by atoms with Crippen LogP contribution in [0.3, 0.4) is 0 Å². The fraction of sp³-hybridized carbons (Fsp3) is 0.471. The van der Waals surface area contributed by atoms with Crippen LogP contribution >= 0.6 is 0 Å². The van der Waals surface area contributed by atoms with Crippen molar-refractivity contribution in [2.75, 3.05) is 13.7 Å². The van der Waals surface area contributed by atoms with Crippen LogP contribution in [-0.2, 0) is 25.5 Å². The van der Waals surface area contributed by atoms with Crippen molar-refractivity contribution in [3.63, 3.8) is 0 Å². The standard InChI is InChI=1S/C17H24N2O5/c1-11(2)15(17(23)24-3)18-10-13(16(21)22)19-14(20)9-12-7-5-4-6-8-12/h4-8,11,13,15,18H,9-10H2,1-3H3,(H,19,20)(H,21,22). The summed E-state index contributed by atoms with van der Waals surface area (Å²) in [6, 6.07) is 7.27. The molecular formula is C17H24N2O5. The average Bonchev–Trinajstić information content (AvgIpc) is 2.54. The van der Waals surface area contributed by atoms with Crippen molar-refractivity contribution in [1.82, 2.24) is 10.6 Å². The van der Waals surface area contributed by atoms with E-state index in [2.05, 4.69) is 10.6 Å². The Morgan fingerprint density at radius 2 is 1.79 bits per heavy atom. The summed E-state index contributed by atoms with van der Waals surface area (Å²) in [7, 11) is 1.27. The summed E-state index contributed by atoms with van der Waals surface area (Å²) in [6.07, 6.45) is 0.0925. The summed E-state index contributed by atoms with van der Waals surface area (Å²) in [5, 5.41) is 14.6. The van der Waals surface area contributed by atoms with E-state index in [0.717, 1.165) is 5.56 Å². The fourth-order valence-electron chi connectivity index (χ4n) is 2.19. The number of aliphatic carboxylic acids is 1. The Hall–Kier alpha value is -2.41. The second kappa shape index (κ2) is 9.67. The molecule has 2 atom stereocenters. The highest BCUT2D eigenvalue weighted by Gasteiger charge is 2.26. The molecule has 0 saturated carbocycles. The minimum Gasteiger partial charge on any atom is -0.480 e. The van der Waals surface area contributed by atoms with E-state index in [1.54, 1.807) is 12.1 Å². The van der Waals surface area contributed by atoms with Gasteiger partial charge in [0, 0.05) is 6.54 Å². The zero-order chi connectivity index (χ0) is 18.1. The van der Waals surface area contributed by atoms with Crippen LogP contribution in [0.15, 0.2) is 30.3 Å². The first kappa shape index (κ1) is 19.6. The number of ether oxygens (including phenoxy) is 1. The van der Waals surface area contributed by atoms with Crippen LogP contribution in [0.25, 0.3) is 0 Å². The lowest BCUT2D eigenvalue weighted by Crippen LogP contribution is -2.52. The SMILES string of the molecule is COC(=O)C(NCC(NC(=O)Cc1ccccc1)C(=O)O)C(C)C. The van der Waals surface area contributed by atoms with Crippen molar-refractivity contribution in [1.29, 1.82) is 0 Å². The van der Waals surface area contributed by atoms with Crippen molar-refractivity contribution >= 4 is 17.8 Å². The molecule has 0 aliphatic heterocycles. The smallest absolute Gasteiger partial charge is 0.327 e. The topological polar surface area (TPSA) is 105 Å². The lowest BCUT2D eigenvalue weighted by molar-refractivity contribution is -0.145. The Morgan fingerprint density at radius 3 is 2.29 bits per heavy atom. The molecule has 0 bridgehead atoms. The monoisotopic (exact) mass is 336 g/mol. The summed E-state index contributed by atoms with van der Waals surface area (Å²) in [5.41, 5.74) is 0.793. The second-order valence-corrected chi connectivity index (χ2v) is 5.77. The van der Waals surface area contributed by atoms with E-state index >= 15 is 0 Å². The molecule has 1 amide bonds. The number of nitrogens with one attached hydrogen (secondary N) is 2. The molecule has 24 heavy (non-hydrogen) atoms. The zero-order valence-corrected chi connectivity index (χ0v) is 14.1. The van der Waals surface area contributed by atoms with Gasteiger partial charge in [-0.1, -0.05) is 44.2 Å². The third-order valence-corrected chi connectivity index (χ3v) is 3.50. The molecule has 0 aliphatic carbocycles. The number of carbonyl (C=O) groups is 3. The lowest BCUT2D eigenvalue weighted by atomic mass is 10.0. The van der Waals surface area contributed by atoms with Gasteiger partial charge in [-0.3, -0.25) is 9.59 Å². The molecule has 2 unspecified atom stereocenters. The van der Waals surface area contributed by atoms with E-state index in [4.69, 9.17) is 4.74 Å². The minimum atomic E-state index is -1.17. The maximum absolute atomic E-state index is 12.0. The quantitative estimate of drug-likeness (QED) is 0.570. The van der Waals surface area contributed by atoms with E-state index in [1.807, 2.05) is 32.0 Å². The summed E-state index contributed by atoms with van der Waals surface area (Å²) < 4.78 is 4.69.